The Morgan fingerprint density at radius 2 is 2.12 bits per heavy atom. The Morgan fingerprint density at radius 3 is 2.88 bits per heavy atom. The molecular weight excluding hydrogens is 375 g/mol. The number of benzene rings is 2. The van der Waals surface area contributed by atoms with Crippen LogP contribution in [0.15, 0.2) is 47.8 Å². The third-order valence-electron chi connectivity index (χ3n) is 3.60. The zero-order chi connectivity index (χ0) is 18.5. The molecule has 134 valence electrons. The molecule has 0 atom stereocenters. The third kappa shape index (κ3) is 4.80. The Hall–Kier alpha value is -2.44. The van der Waals surface area contributed by atoms with Gasteiger partial charge in [-0.25, -0.2) is 9.37 Å². The average molecular weight is 391 g/mol. The van der Waals surface area contributed by atoms with Crippen molar-refractivity contribution in [2.24, 2.45) is 0 Å². The number of halogens is 2. The molecule has 2 aromatic carbocycles. The van der Waals surface area contributed by atoms with Gasteiger partial charge in [-0.3, -0.25) is 4.79 Å². The monoisotopic (exact) mass is 390 g/mol. The summed E-state index contributed by atoms with van der Waals surface area (Å²) in [5.74, 6) is -0.152. The SMILES string of the molecule is Cc1ccccc1NC(=O)Cc1nc(COc2ccc(F)cc2Cl)cs1. The van der Waals surface area contributed by atoms with Crippen molar-refractivity contribution in [3.63, 3.8) is 0 Å². The number of carbonyl (C=O) groups excluding carboxylic acids is 1. The maximum absolute atomic E-state index is 13.0. The lowest BCUT2D eigenvalue weighted by atomic mass is 10.2. The maximum Gasteiger partial charge on any atom is 0.231 e. The van der Waals surface area contributed by atoms with Gasteiger partial charge in [-0.1, -0.05) is 29.8 Å². The average Bonchev–Trinajstić information content (AvgIpc) is 3.03. The second-order valence-corrected chi connectivity index (χ2v) is 6.99. The van der Waals surface area contributed by atoms with Crippen LogP contribution >= 0.6 is 22.9 Å². The number of ether oxygens (including phenoxy) is 1. The summed E-state index contributed by atoms with van der Waals surface area (Å²) >= 11 is 7.31. The van der Waals surface area contributed by atoms with Crippen LogP contribution in [0, 0.1) is 12.7 Å². The summed E-state index contributed by atoms with van der Waals surface area (Å²) in [5, 5.41) is 5.61. The van der Waals surface area contributed by atoms with Crippen LogP contribution in [0.5, 0.6) is 5.75 Å². The fourth-order valence-corrected chi connectivity index (χ4v) is 3.28. The predicted molar refractivity (Wildman–Crippen MR) is 101 cm³/mol. The van der Waals surface area contributed by atoms with Crippen LogP contribution < -0.4 is 10.1 Å². The van der Waals surface area contributed by atoms with Gasteiger partial charge in [0.25, 0.3) is 0 Å². The maximum atomic E-state index is 13.0. The van der Waals surface area contributed by atoms with Gasteiger partial charge in [-0.15, -0.1) is 11.3 Å². The smallest absolute Gasteiger partial charge is 0.231 e. The summed E-state index contributed by atoms with van der Waals surface area (Å²) in [5.41, 5.74) is 2.49. The quantitative estimate of drug-likeness (QED) is 0.644. The molecule has 1 aromatic heterocycles. The number of anilines is 1. The molecule has 3 rings (SSSR count). The Labute approximate surface area is 159 Å². The van der Waals surface area contributed by atoms with E-state index < -0.39 is 5.82 Å². The minimum Gasteiger partial charge on any atom is -0.486 e. The summed E-state index contributed by atoms with van der Waals surface area (Å²) in [6.45, 7) is 2.14. The molecule has 0 aliphatic heterocycles. The van der Waals surface area contributed by atoms with Gasteiger partial charge in [0.2, 0.25) is 5.91 Å². The molecule has 1 amide bonds. The van der Waals surface area contributed by atoms with E-state index in [-0.39, 0.29) is 24.0 Å². The fourth-order valence-electron chi connectivity index (χ4n) is 2.29. The van der Waals surface area contributed by atoms with E-state index in [0.29, 0.717) is 16.5 Å². The van der Waals surface area contributed by atoms with Crippen molar-refractivity contribution in [2.75, 3.05) is 5.32 Å². The Bertz CT molecular complexity index is 929. The number of amides is 1. The standard InChI is InChI=1S/C19H16ClFN2O2S/c1-12-4-2-3-5-16(12)23-18(24)9-19-22-14(11-26-19)10-25-17-7-6-13(21)8-15(17)20/h2-8,11H,9-10H2,1H3,(H,23,24). The molecule has 7 heteroatoms. The van der Waals surface area contributed by atoms with Crippen molar-refractivity contribution in [1.82, 2.24) is 4.98 Å². The first-order chi connectivity index (χ1) is 12.5. The summed E-state index contributed by atoms with van der Waals surface area (Å²) in [4.78, 5) is 16.6. The molecular formula is C19H16ClFN2O2S. The second-order valence-electron chi connectivity index (χ2n) is 5.64. The molecule has 0 unspecified atom stereocenters. The number of hydrogen-bond donors (Lipinski definition) is 1. The molecule has 0 saturated carbocycles. The fraction of sp³-hybridized carbons (Fsp3) is 0.158. The molecule has 26 heavy (non-hydrogen) atoms. The number of hydrogen-bond acceptors (Lipinski definition) is 4. The molecule has 0 radical (unpaired) electrons. The number of aromatic nitrogens is 1. The zero-order valence-electron chi connectivity index (χ0n) is 14.0. The van der Waals surface area contributed by atoms with E-state index >= 15 is 0 Å². The summed E-state index contributed by atoms with van der Waals surface area (Å²) in [6.07, 6.45) is 0.191. The van der Waals surface area contributed by atoms with E-state index in [4.69, 9.17) is 16.3 Å². The van der Waals surface area contributed by atoms with Crippen LogP contribution in [0.2, 0.25) is 5.02 Å². The number of para-hydroxylation sites is 1. The van der Waals surface area contributed by atoms with Crippen LogP contribution in [0.25, 0.3) is 0 Å². The van der Waals surface area contributed by atoms with E-state index in [1.807, 2.05) is 36.6 Å². The normalized spacial score (nSPS) is 10.6. The van der Waals surface area contributed by atoms with Gasteiger partial charge in [-0.05, 0) is 36.8 Å². The highest BCUT2D eigenvalue weighted by atomic mass is 35.5. The van der Waals surface area contributed by atoms with E-state index in [1.165, 1.54) is 29.5 Å². The van der Waals surface area contributed by atoms with E-state index in [2.05, 4.69) is 10.3 Å². The van der Waals surface area contributed by atoms with Crippen molar-refractivity contribution in [2.45, 2.75) is 20.0 Å². The molecule has 4 nitrogen and oxygen atoms in total. The van der Waals surface area contributed by atoms with Crippen molar-refractivity contribution in [1.29, 1.82) is 0 Å². The van der Waals surface area contributed by atoms with Gasteiger partial charge >= 0.3 is 0 Å². The highest BCUT2D eigenvalue weighted by Crippen LogP contribution is 2.26. The minimum absolute atomic E-state index is 0.123. The molecule has 0 spiro atoms. The lowest BCUT2D eigenvalue weighted by molar-refractivity contribution is -0.115. The molecule has 0 saturated heterocycles. The Morgan fingerprint density at radius 1 is 1.31 bits per heavy atom. The molecule has 1 heterocycles. The molecule has 3 aromatic rings. The number of carbonyl (C=O) groups is 1. The number of rotatable bonds is 6. The number of nitrogens with zero attached hydrogens (tertiary/aromatic N) is 1. The molecule has 0 fully saturated rings. The first-order valence-corrected chi connectivity index (χ1v) is 9.13. The molecule has 0 bridgehead atoms. The van der Waals surface area contributed by atoms with E-state index in [9.17, 15) is 9.18 Å². The molecule has 1 N–H and O–H groups in total. The van der Waals surface area contributed by atoms with Gasteiger partial charge in [-0.2, -0.15) is 0 Å². The van der Waals surface area contributed by atoms with Crippen molar-refractivity contribution in [3.8, 4) is 5.75 Å². The van der Waals surface area contributed by atoms with E-state index in [0.717, 1.165) is 11.3 Å². The lowest BCUT2D eigenvalue weighted by Gasteiger charge is -2.07. The van der Waals surface area contributed by atoms with Crippen molar-refractivity contribution in [3.05, 3.63) is 74.9 Å². The van der Waals surface area contributed by atoms with Crippen LogP contribution in [-0.4, -0.2) is 10.9 Å². The first-order valence-electron chi connectivity index (χ1n) is 7.88. The lowest BCUT2D eigenvalue weighted by Crippen LogP contribution is -2.15. The number of nitrogens with one attached hydrogen (secondary N) is 1. The van der Waals surface area contributed by atoms with Gasteiger partial charge in [0, 0.05) is 11.1 Å². The summed E-state index contributed by atoms with van der Waals surface area (Å²) < 4.78 is 18.6. The van der Waals surface area contributed by atoms with Gasteiger partial charge in [0.1, 0.15) is 23.2 Å². The van der Waals surface area contributed by atoms with Gasteiger partial charge in [0.05, 0.1) is 17.1 Å². The first kappa shape index (κ1) is 18.4. The zero-order valence-corrected chi connectivity index (χ0v) is 15.5. The van der Waals surface area contributed by atoms with Crippen LogP contribution in [0.1, 0.15) is 16.3 Å². The predicted octanol–water partition coefficient (Wildman–Crippen LogP) is 5.00. The van der Waals surface area contributed by atoms with Crippen LogP contribution in [-0.2, 0) is 17.8 Å². The Kier molecular flexibility index (Phi) is 5.85. The third-order valence-corrected chi connectivity index (χ3v) is 4.79. The number of aryl methyl sites for hydroxylation is 1. The Balaban J connectivity index is 1.56. The summed E-state index contributed by atoms with van der Waals surface area (Å²) in [7, 11) is 0. The van der Waals surface area contributed by atoms with Gasteiger partial charge < -0.3 is 10.1 Å². The van der Waals surface area contributed by atoms with Crippen molar-refractivity contribution < 1.29 is 13.9 Å². The molecule has 0 aliphatic carbocycles. The van der Waals surface area contributed by atoms with E-state index in [1.54, 1.807) is 0 Å². The topological polar surface area (TPSA) is 51.2 Å². The van der Waals surface area contributed by atoms with Crippen LogP contribution in [0.4, 0.5) is 10.1 Å². The molecule has 0 aliphatic rings. The highest BCUT2D eigenvalue weighted by Gasteiger charge is 2.10. The van der Waals surface area contributed by atoms with Crippen molar-refractivity contribution >= 4 is 34.5 Å². The second kappa shape index (κ2) is 8.29. The van der Waals surface area contributed by atoms with Crippen LogP contribution in [0.3, 0.4) is 0 Å². The van der Waals surface area contributed by atoms with Gasteiger partial charge in [0.15, 0.2) is 0 Å². The minimum atomic E-state index is -0.419. The summed E-state index contributed by atoms with van der Waals surface area (Å²) in [6, 6.07) is 11.5. The largest absolute Gasteiger partial charge is 0.486 e. The number of thiazole rings is 1. The highest BCUT2D eigenvalue weighted by molar-refractivity contribution is 7.09.